The van der Waals surface area contributed by atoms with Crippen molar-refractivity contribution in [3.05, 3.63) is 40.8 Å². The fraction of sp³-hybridized carbons (Fsp3) is 0.350. The van der Waals surface area contributed by atoms with Gasteiger partial charge in [0, 0.05) is 55.9 Å². The van der Waals surface area contributed by atoms with Crippen LogP contribution in [0.2, 0.25) is 5.02 Å². The first-order valence-corrected chi connectivity index (χ1v) is 9.65. The highest BCUT2D eigenvalue weighted by Crippen LogP contribution is 2.48. The van der Waals surface area contributed by atoms with E-state index in [2.05, 4.69) is 15.3 Å². The average Bonchev–Trinajstić information content (AvgIpc) is 2.94. The molecule has 0 unspecified atom stereocenters. The second-order valence-corrected chi connectivity index (χ2v) is 7.71. The molecule has 2 N–H and O–H groups in total. The van der Waals surface area contributed by atoms with Crippen LogP contribution in [-0.4, -0.2) is 52.1 Å². The van der Waals surface area contributed by atoms with E-state index in [4.69, 9.17) is 16.3 Å². The number of nitrogens with zero attached hydrogens (tertiary/aromatic N) is 3. The quantitative estimate of drug-likeness (QED) is 0.655. The van der Waals surface area contributed by atoms with Crippen LogP contribution in [0.3, 0.4) is 0 Å². The number of benzene rings is 2. The van der Waals surface area contributed by atoms with Gasteiger partial charge < -0.3 is 15.2 Å². The smallest absolute Gasteiger partial charge is 0.145 e. The molecule has 2 aliphatic rings. The lowest BCUT2D eigenvalue weighted by Crippen LogP contribution is -2.52. The molecule has 1 saturated heterocycles. The molecule has 3 heterocycles. The molecule has 1 atom stereocenters. The summed E-state index contributed by atoms with van der Waals surface area (Å²) in [7, 11) is 1.82. The van der Waals surface area contributed by atoms with Crippen LogP contribution in [0.25, 0.3) is 22.0 Å². The van der Waals surface area contributed by atoms with Crippen molar-refractivity contribution in [3.8, 4) is 22.6 Å². The van der Waals surface area contributed by atoms with Crippen molar-refractivity contribution in [1.82, 2.24) is 20.0 Å². The molecule has 2 aromatic carbocycles. The molecule has 1 aromatic heterocycles. The normalized spacial score (nSPS) is 19.8. The van der Waals surface area contributed by atoms with Crippen LogP contribution in [0, 0.1) is 5.82 Å². The van der Waals surface area contributed by atoms with Crippen LogP contribution < -0.4 is 10.1 Å². The number of aromatic nitrogens is 2. The maximum Gasteiger partial charge on any atom is 0.145 e. The van der Waals surface area contributed by atoms with Crippen LogP contribution in [0.5, 0.6) is 11.5 Å². The highest BCUT2D eigenvalue weighted by atomic mass is 35.5. The van der Waals surface area contributed by atoms with Gasteiger partial charge in [-0.2, -0.15) is 5.10 Å². The first-order chi connectivity index (χ1) is 13.5. The molecule has 6 nitrogen and oxygen atoms in total. The molecular weight excluding hydrogens is 383 g/mol. The van der Waals surface area contributed by atoms with E-state index in [9.17, 15) is 9.50 Å². The first kappa shape index (κ1) is 17.7. The summed E-state index contributed by atoms with van der Waals surface area (Å²) in [5.74, 6) is -0.176. The van der Waals surface area contributed by atoms with Gasteiger partial charge in [0.2, 0.25) is 0 Å². The summed E-state index contributed by atoms with van der Waals surface area (Å²) >= 11 is 6.79. The third-order valence-corrected chi connectivity index (χ3v) is 5.93. The lowest BCUT2D eigenvalue weighted by Gasteiger charge is -2.33. The van der Waals surface area contributed by atoms with E-state index in [-0.39, 0.29) is 17.4 Å². The lowest BCUT2D eigenvalue weighted by molar-refractivity contribution is 0.120. The number of phenols is 1. The molecule has 5 rings (SSSR count). The number of aromatic hydroxyl groups is 1. The van der Waals surface area contributed by atoms with Crippen LogP contribution in [-0.2, 0) is 13.6 Å². The van der Waals surface area contributed by atoms with Crippen LogP contribution >= 0.6 is 11.6 Å². The third kappa shape index (κ3) is 2.65. The van der Waals surface area contributed by atoms with Gasteiger partial charge in [0.15, 0.2) is 0 Å². The molecule has 146 valence electrons. The minimum absolute atomic E-state index is 0.0699. The van der Waals surface area contributed by atoms with E-state index in [1.165, 1.54) is 18.2 Å². The number of fused-ring (bicyclic) bond motifs is 4. The van der Waals surface area contributed by atoms with Crippen LogP contribution in [0.15, 0.2) is 24.4 Å². The maximum atomic E-state index is 14.7. The van der Waals surface area contributed by atoms with Gasteiger partial charge in [0.25, 0.3) is 0 Å². The molecule has 0 saturated carbocycles. The molecule has 0 radical (unpaired) electrons. The van der Waals surface area contributed by atoms with Gasteiger partial charge in [-0.05, 0) is 12.1 Å². The number of phenolic OH excluding ortho intramolecular Hbond substituents is 1. The summed E-state index contributed by atoms with van der Waals surface area (Å²) in [6.45, 7) is 3.83. The Morgan fingerprint density at radius 2 is 2.21 bits per heavy atom. The standard InChI is InChI=1S/C20H20ClFN4O2/c1-25-8-12-16(17-14(22)3-2-4-15(17)27)18(21)20-13(19(12)24-25)9-26-6-5-23-7-11(26)10-28-20/h2-4,8,11,23,27H,5-7,9-10H2,1H3/t11-/m1/s1. The fourth-order valence-corrected chi connectivity index (χ4v) is 4.59. The monoisotopic (exact) mass is 402 g/mol. The van der Waals surface area contributed by atoms with E-state index < -0.39 is 5.82 Å². The largest absolute Gasteiger partial charge is 0.507 e. The number of ether oxygens (including phenoxy) is 1. The van der Waals surface area contributed by atoms with Crippen molar-refractivity contribution in [3.63, 3.8) is 0 Å². The lowest BCUT2D eigenvalue weighted by atomic mass is 9.96. The zero-order chi connectivity index (χ0) is 19.4. The summed E-state index contributed by atoms with van der Waals surface area (Å²) in [6, 6.07) is 4.47. The van der Waals surface area contributed by atoms with E-state index in [1.807, 2.05) is 13.2 Å². The van der Waals surface area contributed by atoms with Gasteiger partial charge >= 0.3 is 0 Å². The molecule has 3 aromatic rings. The van der Waals surface area contributed by atoms with Crippen molar-refractivity contribution in [1.29, 1.82) is 0 Å². The number of nitrogens with one attached hydrogen (secondary N) is 1. The van der Waals surface area contributed by atoms with Gasteiger partial charge in [-0.3, -0.25) is 9.58 Å². The number of halogens is 2. The predicted molar refractivity (Wildman–Crippen MR) is 105 cm³/mol. The Morgan fingerprint density at radius 3 is 3.04 bits per heavy atom. The van der Waals surface area contributed by atoms with E-state index in [0.717, 1.165) is 30.7 Å². The zero-order valence-electron chi connectivity index (χ0n) is 15.4. The number of hydrogen-bond acceptors (Lipinski definition) is 5. The van der Waals surface area contributed by atoms with Gasteiger partial charge in [-0.1, -0.05) is 17.7 Å². The average molecular weight is 403 g/mol. The van der Waals surface area contributed by atoms with Gasteiger partial charge in [-0.15, -0.1) is 0 Å². The second-order valence-electron chi connectivity index (χ2n) is 7.34. The van der Waals surface area contributed by atoms with Crippen LogP contribution in [0.4, 0.5) is 4.39 Å². The van der Waals surface area contributed by atoms with Gasteiger partial charge in [0.1, 0.15) is 29.4 Å². The molecule has 8 heteroatoms. The summed E-state index contributed by atoms with van der Waals surface area (Å²) < 4.78 is 22.5. The number of rotatable bonds is 1. The minimum atomic E-state index is -0.540. The highest BCUT2D eigenvalue weighted by molar-refractivity contribution is 6.37. The van der Waals surface area contributed by atoms with E-state index >= 15 is 0 Å². The Kier molecular flexibility index (Phi) is 4.19. The van der Waals surface area contributed by atoms with Crippen molar-refractivity contribution in [2.45, 2.75) is 12.6 Å². The molecule has 0 spiro atoms. The van der Waals surface area contributed by atoms with Crippen molar-refractivity contribution >= 4 is 22.5 Å². The Bertz CT molecular complexity index is 1060. The van der Waals surface area contributed by atoms with Crippen molar-refractivity contribution < 1.29 is 14.2 Å². The van der Waals surface area contributed by atoms with Crippen molar-refractivity contribution in [2.75, 3.05) is 26.2 Å². The van der Waals surface area contributed by atoms with Gasteiger partial charge in [0.05, 0.1) is 16.6 Å². The maximum absolute atomic E-state index is 14.7. The fourth-order valence-electron chi connectivity index (χ4n) is 4.23. The third-order valence-electron chi connectivity index (χ3n) is 5.57. The highest BCUT2D eigenvalue weighted by Gasteiger charge is 2.32. The molecule has 0 amide bonds. The predicted octanol–water partition coefficient (Wildman–Crippen LogP) is 2.90. The van der Waals surface area contributed by atoms with E-state index in [0.29, 0.717) is 34.9 Å². The Hall–Kier alpha value is -2.35. The van der Waals surface area contributed by atoms with Gasteiger partial charge in [-0.25, -0.2) is 4.39 Å². The zero-order valence-corrected chi connectivity index (χ0v) is 16.1. The second kappa shape index (κ2) is 6.62. The molecule has 1 fully saturated rings. The Morgan fingerprint density at radius 1 is 1.36 bits per heavy atom. The molecular formula is C20H20ClFN4O2. The SMILES string of the molecule is Cn1cc2c(-c3c(O)cccc3F)c(Cl)c3c(c2n1)CN1CCNC[C@@H]1CO3. The molecule has 2 aliphatic heterocycles. The molecule has 0 aliphatic carbocycles. The topological polar surface area (TPSA) is 62.5 Å². The summed E-state index contributed by atoms with van der Waals surface area (Å²) in [6.07, 6.45) is 1.81. The number of aryl methyl sites for hydroxylation is 1. The summed E-state index contributed by atoms with van der Waals surface area (Å²) in [5.41, 5.74) is 2.11. The Balaban J connectivity index is 1.80. The summed E-state index contributed by atoms with van der Waals surface area (Å²) in [5, 5.41) is 19.4. The minimum Gasteiger partial charge on any atom is -0.507 e. The summed E-state index contributed by atoms with van der Waals surface area (Å²) in [4.78, 5) is 2.37. The Labute approximate surface area is 166 Å². The number of piperazine rings is 1. The van der Waals surface area contributed by atoms with Crippen molar-refractivity contribution in [2.24, 2.45) is 7.05 Å². The number of hydrogen-bond donors (Lipinski definition) is 2. The van der Waals surface area contributed by atoms with Crippen LogP contribution in [0.1, 0.15) is 5.56 Å². The molecule has 0 bridgehead atoms. The van der Waals surface area contributed by atoms with E-state index in [1.54, 1.807) is 4.68 Å². The molecule has 28 heavy (non-hydrogen) atoms. The first-order valence-electron chi connectivity index (χ1n) is 9.27.